The van der Waals surface area contributed by atoms with Gasteiger partial charge in [0.2, 0.25) is 0 Å². The summed E-state index contributed by atoms with van der Waals surface area (Å²) in [6.07, 6.45) is 6.28. The molecule has 1 saturated heterocycles. The molecule has 1 saturated carbocycles. The number of amides is 1. The number of carboxylic acid groups (broad SMARTS) is 1. The molecule has 0 aromatic rings. The van der Waals surface area contributed by atoms with E-state index in [1.54, 1.807) is 4.90 Å². The molecule has 1 aliphatic heterocycles. The Kier molecular flexibility index (Phi) is 5.62. The van der Waals surface area contributed by atoms with Crippen molar-refractivity contribution < 1.29 is 19.4 Å². The van der Waals surface area contributed by atoms with Crippen molar-refractivity contribution in [2.75, 3.05) is 6.54 Å². The van der Waals surface area contributed by atoms with Crippen LogP contribution in [0.2, 0.25) is 0 Å². The first-order valence-electron chi connectivity index (χ1n) is 8.21. The van der Waals surface area contributed by atoms with E-state index in [0.29, 0.717) is 19.4 Å². The van der Waals surface area contributed by atoms with Crippen LogP contribution in [0.25, 0.3) is 0 Å². The molecule has 21 heavy (non-hydrogen) atoms. The van der Waals surface area contributed by atoms with Crippen molar-refractivity contribution in [3.05, 3.63) is 0 Å². The molecule has 1 N–H and O–H groups in total. The Bertz CT molecular complexity index is 378. The maximum atomic E-state index is 12.7. The third-order valence-electron chi connectivity index (χ3n) is 4.82. The van der Waals surface area contributed by atoms with Crippen molar-refractivity contribution in [1.29, 1.82) is 0 Å². The number of ether oxygens (including phenoxy) is 1. The van der Waals surface area contributed by atoms with E-state index >= 15 is 0 Å². The van der Waals surface area contributed by atoms with E-state index in [1.807, 2.05) is 13.8 Å². The van der Waals surface area contributed by atoms with Crippen LogP contribution in [0.15, 0.2) is 0 Å². The highest BCUT2D eigenvalue weighted by Crippen LogP contribution is 2.26. The van der Waals surface area contributed by atoms with E-state index in [2.05, 4.69) is 0 Å². The monoisotopic (exact) mass is 297 g/mol. The van der Waals surface area contributed by atoms with Crippen LogP contribution < -0.4 is 0 Å². The normalized spacial score (nSPS) is 28.6. The Morgan fingerprint density at radius 3 is 2.48 bits per heavy atom. The highest BCUT2D eigenvalue weighted by molar-refractivity contribution is 5.82. The maximum absolute atomic E-state index is 12.7. The van der Waals surface area contributed by atoms with Crippen molar-refractivity contribution >= 4 is 11.9 Å². The molecule has 2 fully saturated rings. The lowest BCUT2D eigenvalue weighted by molar-refractivity contribution is -0.155. The average molecular weight is 297 g/mol. The van der Waals surface area contributed by atoms with Gasteiger partial charge >= 0.3 is 5.97 Å². The molecular weight excluding hydrogens is 270 g/mol. The number of rotatable bonds is 5. The fraction of sp³-hybridized carbons (Fsp3) is 0.875. The summed E-state index contributed by atoms with van der Waals surface area (Å²) in [7, 11) is 0. The summed E-state index contributed by atoms with van der Waals surface area (Å²) in [5.41, 5.74) is 0. The summed E-state index contributed by atoms with van der Waals surface area (Å²) in [4.78, 5) is 25.6. The smallest absolute Gasteiger partial charge is 0.308 e. The minimum atomic E-state index is -0.801. The van der Waals surface area contributed by atoms with Gasteiger partial charge in [0.1, 0.15) is 6.10 Å². The zero-order valence-corrected chi connectivity index (χ0v) is 13.1. The summed E-state index contributed by atoms with van der Waals surface area (Å²) in [6, 6.07) is 0.106. The van der Waals surface area contributed by atoms with Crippen LogP contribution in [0.3, 0.4) is 0 Å². The van der Waals surface area contributed by atoms with Gasteiger partial charge in [0, 0.05) is 12.6 Å². The number of hydrogen-bond acceptors (Lipinski definition) is 3. The zero-order chi connectivity index (χ0) is 15.4. The summed E-state index contributed by atoms with van der Waals surface area (Å²) in [5, 5.41) is 9.18. The van der Waals surface area contributed by atoms with E-state index in [4.69, 9.17) is 4.74 Å². The minimum Gasteiger partial charge on any atom is -0.481 e. The van der Waals surface area contributed by atoms with Gasteiger partial charge in [-0.15, -0.1) is 0 Å². The second-order valence-electron chi connectivity index (χ2n) is 6.39. The van der Waals surface area contributed by atoms with Gasteiger partial charge in [-0.3, -0.25) is 9.59 Å². The molecule has 1 amide bonds. The number of nitrogens with zero attached hydrogens (tertiary/aromatic N) is 1. The molecule has 2 rings (SSSR count). The molecule has 120 valence electrons. The van der Waals surface area contributed by atoms with E-state index < -0.39 is 18.0 Å². The first kappa shape index (κ1) is 16.3. The number of aliphatic carboxylic acids is 1. The molecule has 3 atom stereocenters. The standard InChI is InChI=1S/C16H27NO4/c1-3-14(21-13-6-4-5-7-13)15(18)17-10-12(16(19)20)9-8-11(17)2/h11-14H,3-10H2,1-2H3,(H,19,20). The molecule has 0 aromatic heterocycles. The lowest BCUT2D eigenvalue weighted by Gasteiger charge is -2.38. The molecule has 2 aliphatic rings. The lowest BCUT2D eigenvalue weighted by Crippen LogP contribution is -2.51. The Morgan fingerprint density at radius 1 is 1.24 bits per heavy atom. The Hall–Kier alpha value is -1.10. The van der Waals surface area contributed by atoms with Crippen molar-refractivity contribution in [3.63, 3.8) is 0 Å². The molecule has 0 aromatic carbocycles. The van der Waals surface area contributed by atoms with Gasteiger partial charge in [-0.2, -0.15) is 0 Å². The third kappa shape index (κ3) is 3.96. The lowest BCUT2D eigenvalue weighted by atomic mass is 9.93. The van der Waals surface area contributed by atoms with Gasteiger partial charge in [-0.05, 0) is 39.0 Å². The maximum Gasteiger partial charge on any atom is 0.308 e. The summed E-state index contributed by atoms with van der Waals surface area (Å²) in [5.74, 6) is -1.26. The first-order valence-corrected chi connectivity index (χ1v) is 8.21. The van der Waals surface area contributed by atoms with E-state index in [-0.39, 0.29) is 18.1 Å². The van der Waals surface area contributed by atoms with E-state index in [0.717, 1.165) is 19.3 Å². The molecule has 1 heterocycles. The van der Waals surface area contributed by atoms with Crippen molar-refractivity contribution in [3.8, 4) is 0 Å². The third-order valence-corrected chi connectivity index (χ3v) is 4.82. The zero-order valence-electron chi connectivity index (χ0n) is 13.1. The summed E-state index contributed by atoms with van der Waals surface area (Å²) >= 11 is 0. The van der Waals surface area contributed by atoms with E-state index in [1.165, 1.54) is 12.8 Å². The summed E-state index contributed by atoms with van der Waals surface area (Å²) in [6.45, 7) is 4.28. The highest BCUT2D eigenvalue weighted by atomic mass is 16.5. The highest BCUT2D eigenvalue weighted by Gasteiger charge is 2.36. The van der Waals surface area contributed by atoms with Crippen molar-refractivity contribution in [2.24, 2.45) is 5.92 Å². The Balaban J connectivity index is 1.98. The van der Waals surface area contributed by atoms with Crippen LogP contribution in [-0.2, 0) is 14.3 Å². The largest absolute Gasteiger partial charge is 0.481 e. The molecule has 5 nitrogen and oxygen atoms in total. The van der Waals surface area contributed by atoms with Crippen molar-refractivity contribution in [2.45, 2.75) is 77.0 Å². The van der Waals surface area contributed by atoms with Gasteiger partial charge in [-0.25, -0.2) is 0 Å². The van der Waals surface area contributed by atoms with Gasteiger partial charge in [0.25, 0.3) is 5.91 Å². The quantitative estimate of drug-likeness (QED) is 0.846. The molecule has 0 radical (unpaired) electrons. The average Bonchev–Trinajstić information content (AvgIpc) is 2.97. The van der Waals surface area contributed by atoms with Crippen LogP contribution in [0.1, 0.15) is 58.8 Å². The second-order valence-corrected chi connectivity index (χ2v) is 6.39. The van der Waals surface area contributed by atoms with Crippen LogP contribution in [0.4, 0.5) is 0 Å². The van der Waals surface area contributed by atoms with Crippen LogP contribution in [0, 0.1) is 5.92 Å². The van der Waals surface area contributed by atoms with Crippen molar-refractivity contribution in [1.82, 2.24) is 4.90 Å². The number of piperidine rings is 1. The molecular formula is C16H27NO4. The number of hydrogen-bond donors (Lipinski definition) is 1. The number of carboxylic acids is 1. The summed E-state index contributed by atoms with van der Waals surface area (Å²) < 4.78 is 5.98. The molecule has 0 bridgehead atoms. The SMILES string of the molecule is CCC(OC1CCCC1)C(=O)N1CC(C(=O)O)CCC1C. The fourth-order valence-electron chi connectivity index (χ4n) is 3.39. The molecule has 5 heteroatoms. The van der Waals surface area contributed by atoms with Crippen LogP contribution >= 0.6 is 0 Å². The second kappa shape index (κ2) is 7.25. The number of carbonyl (C=O) groups is 2. The van der Waals surface area contributed by atoms with E-state index in [9.17, 15) is 14.7 Å². The van der Waals surface area contributed by atoms with Crippen LogP contribution in [-0.4, -0.2) is 46.7 Å². The topological polar surface area (TPSA) is 66.8 Å². The van der Waals surface area contributed by atoms with Gasteiger partial charge in [-0.1, -0.05) is 19.8 Å². The predicted octanol–water partition coefficient (Wildman–Crippen LogP) is 2.44. The Labute approximate surface area is 126 Å². The predicted molar refractivity (Wildman–Crippen MR) is 79.0 cm³/mol. The Morgan fingerprint density at radius 2 is 1.90 bits per heavy atom. The molecule has 0 spiro atoms. The number of carbonyl (C=O) groups excluding carboxylic acids is 1. The minimum absolute atomic E-state index is 0.0251. The number of likely N-dealkylation sites (tertiary alicyclic amines) is 1. The van der Waals surface area contributed by atoms with Gasteiger partial charge in [0.05, 0.1) is 12.0 Å². The molecule has 3 unspecified atom stereocenters. The first-order chi connectivity index (χ1) is 10.0. The molecule has 1 aliphatic carbocycles. The van der Waals surface area contributed by atoms with Gasteiger partial charge < -0.3 is 14.7 Å². The van der Waals surface area contributed by atoms with Crippen LogP contribution in [0.5, 0.6) is 0 Å². The fourth-order valence-corrected chi connectivity index (χ4v) is 3.39. The van der Waals surface area contributed by atoms with Gasteiger partial charge in [0.15, 0.2) is 0 Å².